The van der Waals surface area contributed by atoms with E-state index in [1.807, 2.05) is 39.0 Å². The maximum Gasteiger partial charge on any atom is 0.264 e. The van der Waals surface area contributed by atoms with E-state index < -0.39 is 10.0 Å². The van der Waals surface area contributed by atoms with Crippen LogP contribution in [0.1, 0.15) is 18.1 Å². The number of sulfonamides is 1. The molecule has 21 heavy (non-hydrogen) atoms. The number of benzene rings is 2. The Kier molecular flexibility index (Phi) is 4.74. The molecule has 0 aliphatic carbocycles. The normalized spacial score (nSPS) is 11.4. The summed E-state index contributed by atoms with van der Waals surface area (Å²) in [5.41, 5.74) is 2.68. The van der Waals surface area contributed by atoms with Gasteiger partial charge >= 0.3 is 0 Å². The van der Waals surface area contributed by atoms with E-state index in [1.165, 1.54) is 4.31 Å². The molecule has 2 aromatic rings. The third kappa shape index (κ3) is 3.14. The number of anilines is 1. The molecule has 0 spiro atoms. The summed E-state index contributed by atoms with van der Waals surface area (Å²) in [6.07, 6.45) is 0. The third-order valence-corrected chi connectivity index (χ3v) is 5.80. The fourth-order valence-electron chi connectivity index (χ4n) is 2.38. The molecule has 0 radical (unpaired) electrons. The van der Waals surface area contributed by atoms with Gasteiger partial charge in [0, 0.05) is 11.0 Å². The van der Waals surface area contributed by atoms with Crippen molar-refractivity contribution >= 4 is 31.6 Å². The standard InChI is InChI=1S/C16H18BrNO2S/c1-4-18(16-12(2)6-5-7-13(16)3)21(19,20)15-10-8-14(17)9-11-15/h5-11H,4H2,1-3H3. The average Bonchev–Trinajstić information content (AvgIpc) is 2.43. The maximum absolute atomic E-state index is 12.9. The third-order valence-electron chi connectivity index (χ3n) is 3.38. The Morgan fingerprint density at radius 2 is 1.52 bits per heavy atom. The topological polar surface area (TPSA) is 37.4 Å². The van der Waals surface area contributed by atoms with E-state index in [4.69, 9.17) is 0 Å². The number of para-hydroxylation sites is 1. The summed E-state index contributed by atoms with van der Waals surface area (Å²) in [5.74, 6) is 0. The van der Waals surface area contributed by atoms with Crippen LogP contribution in [0.5, 0.6) is 0 Å². The van der Waals surface area contributed by atoms with Gasteiger partial charge in [-0.15, -0.1) is 0 Å². The zero-order chi connectivity index (χ0) is 15.6. The molecule has 5 heteroatoms. The van der Waals surface area contributed by atoms with Crippen molar-refractivity contribution in [2.45, 2.75) is 25.7 Å². The monoisotopic (exact) mass is 367 g/mol. The molecule has 0 amide bonds. The lowest BCUT2D eigenvalue weighted by molar-refractivity contribution is 0.591. The number of halogens is 1. The van der Waals surface area contributed by atoms with Crippen molar-refractivity contribution in [1.29, 1.82) is 0 Å². The molecule has 0 unspecified atom stereocenters. The van der Waals surface area contributed by atoms with Gasteiger partial charge in [0.15, 0.2) is 0 Å². The molecule has 0 aliphatic rings. The zero-order valence-electron chi connectivity index (χ0n) is 12.3. The lowest BCUT2D eigenvalue weighted by Crippen LogP contribution is -2.32. The quantitative estimate of drug-likeness (QED) is 0.808. The molecule has 0 bridgehead atoms. The van der Waals surface area contributed by atoms with Crippen molar-refractivity contribution in [2.24, 2.45) is 0 Å². The van der Waals surface area contributed by atoms with Gasteiger partial charge in [0.05, 0.1) is 10.6 Å². The van der Waals surface area contributed by atoms with Crippen LogP contribution in [0.15, 0.2) is 51.8 Å². The minimum atomic E-state index is -3.55. The minimum absolute atomic E-state index is 0.301. The van der Waals surface area contributed by atoms with Gasteiger partial charge in [-0.25, -0.2) is 8.42 Å². The van der Waals surface area contributed by atoms with Gasteiger partial charge in [-0.1, -0.05) is 34.1 Å². The predicted molar refractivity (Wildman–Crippen MR) is 90.3 cm³/mol. The van der Waals surface area contributed by atoms with Crippen LogP contribution < -0.4 is 4.31 Å². The Morgan fingerprint density at radius 3 is 2.00 bits per heavy atom. The average molecular weight is 368 g/mol. The molecule has 112 valence electrons. The SMILES string of the molecule is CCN(c1c(C)cccc1C)S(=O)(=O)c1ccc(Br)cc1. The fraction of sp³-hybridized carbons (Fsp3) is 0.250. The van der Waals surface area contributed by atoms with E-state index in [-0.39, 0.29) is 0 Å². The molecule has 0 atom stereocenters. The van der Waals surface area contributed by atoms with E-state index in [9.17, 15) is 8.42 Å². The summed E-state index contributed by atoms with van der Waals surface area (Å²) in [5, 5.41) is 0. The molecule has 3 nitrogen and oxygen atoms in total. The lowest BCUT2D eigenvalue weighted by atomic mass is 10.1. The van der Waals surface area contributed by atoms with E-state index in [0.29, 0.717) is 11.4 Å². The van der Waals surface area contributed by atoms with Crippen molar-refractivity contribution in [3.8, 4) is 0 Å². The van der Waals surface area contributed by atoms with Crippen LogP contribution in [0.25, 0.3) is 0 Å². The Balaban J connectivity index is 2.57. The number of aryl methyl sites for hydroxylation is 2. The van der Waals surface area contributed by atoms with Crippen molar-refractivity contribution in [3.63, 3.8) is 0 Å². The maximum atomic E-state index is 12.9. The number of rotatable bonds is 4. The van der Waals surface area contributed by atoms with E-state index in [0.717, 1.165) is 21.3 Å². The van der Waals surface area contributed by atoms with Crippen molar-refractivity contribution in [2.75, 3.05) is 10.8 Å². The Morgan fingerprint density at radius 1 is 1.00 bits per heavy atom. The first-order valence-electron chi connectivity index (χ1n) is 6.72. The van der Waals surface area contributed by atoms with E-state index in [2.05, 4.69) is 15.9 Å². The first-order chi connectivity index (χ1) is 9.87. The molecule has 0 fully saturated rings. The Hall–Kier alpha value is -1.33. The van der Waals surface area contributed by atoms with Gasteiger partial charge in [-0.2, -0.15) is 0 Å². The van der Waals surface area contributed by atoms with Crippen molar-refractivity contribution < 1.29 is 8.42 Å². The van der Waals surface area contributed by atoms with Crippen LogP contribution in [0.4, 0.5) is 5.69 Å². The largest absolute Gasteiger partial charge is 0.266 e. The Labute approximate surface area is 134 Å². The molecule has 0 heterocycles. The van der Waals surface area contributed by atoms with Gasteiger partial charge in [0.2, 0.25) is 0 Å². The zero-order valence-corrected chi connectivity index (χ0v) is 14.7. The van der Waals surface area contributed by atoms with Crippen molar-refractivity contribution in [1.82, 2.24) is 0 Å². The smallest absolute Gasteiger partial charge is 0.264 e. The molecule has 2 rings (SSSR count). The second kappa shape index (κ2) is 6.20. The molecule has 0 aromatic heterocycles. The summed E-state index contributed by atoms with van der Waals surface area (Å²) in [6.45, 7) is 6.11. The van der Waals surface area contributed by atoms with Crippen LogP contribution in [0, 0.1) is 13.8 Å². The predicted octanol–water partition coefficient (Wildman–Crippen LogP) is 4.28. The van der Waals surface area contributed by atoms with Crippen LogP contribution >= 0.6 is 15.9 Å². The van der Waals surface area contributed by atoms with Gasteiger partial charge in [0.1, 0.15) is 0 Å². The van der Waals surface area contributed by atoms with Crippen molar-refractivity contribution in [3.05, 3.63) is 58.1 Å². The number of hydrogen-bond donors (Lipinski definition) is 0. The molecule has 2 aromatic carbocycles. The highest BCUT2D eigenvalue weighted by Crippen LogP contribution is 2.30. The van der Waals surface area contributed by atoms with Crippen LogP contribution in [0.2, 0.25) is 0 Å². The molecule has 0 saturated carbocycles. The molecular formula is C16H18BrNO2S. The van der Waals surface area contributed by atoms with Crippen LogP contribution in [0.3, 0.4) is 0 Å². The fourth-order valence-corrected chi connectivity index (χ4v) is 4.25. The molecule has 0 N–H and O–H groups in total. The second-order valence-electron chi connectivity index (χ2n) is 4.86. The number of hydrogen-bond acceptors (Lipinski definition) is 2. The highest BCUT2D eigenvalue weighted by atomic mass is 79.9. The highest BCUT2D eigenvalue weighted by Gasteiger charge is 2.25. The van der Waals surface area contributed by atoms with Gasteiger partial charge < -0.3 is 0 Å². The molecular weight excluding hydrogens is 350 g/mol. The first kappa shape index (κ1) is 16.0. The lowest BCUT2D eigenvalue weighted by Gasteiger charge is -2.26. The van der Waals surface area contributed by atoms with Gasteiger partial charge in [-0.3, -0.25) is 4.31 Å². The highest BCUT2D eigenvalue weighted by molar-refractivity contribution is 9.10. The Bertz CT molecular complexity index is 719. The van der Waals surface area contributed by atoms with E-state index >= 15 is 0 Å². The van der Waals surface area contributed by atoms with Gasteiger partial charge in [-0.05, 0) is 56.2 Å². The summed E-state index contributed by atoms with van der Waals surface area (Å²) >= 11 is 3.33. The minimum Gasteiger partial charge on any atom is -0.266 e. The molecule has 0 aliphatic heterocycles. The second-order valence-corrected chi connectivity index (χ2v) is 7.64. The number of nitrogens with zero attached hydrogens (tertiary/aromatic N) is 1. The first-order valence-corrected chi connectivity index (χ1v) is 8.95. The van der Waals surface area contributed by atoms with Crippen LogP contribution in [-0.4, -0.2) is 15.0 Å². The van der Waals surface area contributed by atoms with Gasteiger partial charge in [0.25, 0.3) is 10.0 Å². The van der Waals surface area contributed by atoms with Crippen LogP contribution in [-0.2, 0) is 10.0 Å². The van der Waals surface area contributed by atoms with E-state index in [1.54, 1.807) is 24.3 Å². The summed E-state index contributed by atoms with van der Waals surface area (Å²) < 4.78 is 28.1. The summed E-state index contributed by atoms with van der Waals surface area (Å²) in [4.78, 5) is 0.301. The molecule has 0 saturated heterocycles. The summed E-state index contributed by atoms with van der Waals surface area (Å²) in [7, 11) is -3.55. The summed E-state index contributed by atoms with van der Waals surface area (Å²) in [6, 6.07) is 12.5.